The molecule has 9 heteroatoms. The van der Waals surface area contributed by atoms with Crippen LogP contribution in [0.2, 0.25) is 0 Å². The summed E-state index contributed by atoms with van der Waals surface area (Å²) in [6.07, 6.45) is 1.86. The van der Waals surface area contributed by atoms with Gasteiger partial charge in [0.05, 0.1) is 24.4 Å². The Morgan fingerprint density at radius 2 is 1.78 bits per heavy atom. The minimum atomic E-state index is -2.19. The van der Waals surface area contributed by atoms with Gasteiger partial charge in [0.2, 0.25) is 0 Å². The Morgan fingerprint density at radius 1 is 1.17 bits per heavy atom. The van der Waals surface area contributed by atoms with Gasteiger partial charge in [0.25, 0.3) is 0 Å². The summed E-state index contributed by atoms with van der Waals surface area (Å²) in [5, 5.41) is 35.6. The number of aliphatic hydroxyl groups excluding tert-OH is 2. The molecule has 4 fully saturated rings. The van der Waals surface area contributed by atoms with Crippen molar-refractivity contribution >= 4 is 24.2 Å². The number of carbonyl (C=O) groups is 2. The standard InChI is InChI=1S/C27H43NO7.ClH/c1-7-24(4)15-18(30)27(33)25(5)17(29)11-12-23(2,3)21(25)20(32)22(26(27,6)35-24)34-19(31)16-28-13-9-8-10-14-28;/h7,17,20-22,29,32-33H,1,8-16H2,2-6H3;1H/t17-,20-,21-,22-,24-,25-,26+,27-;/m0./s1. The highest BCUT2D eigenvalue weighted by atomic mass is 35.5. The molecule has 8 nitrogen and oxygen atoms in total. The number of hydrogen-bond donors (Lipinski definition) is 3. The van der Waals surface area contributed by atoms with E-state index in [4.69, 9.17) is 9.47 Å². The van der Waals surface area contributed by atoms with E-state index < -0.39 is 63.6 Å². The van der Waals surface area contributed by atoms with E-state index in [0.29, 0.717) is 12.8 Å². The molecule has 2 heterocycles. The van der Waals surface area contributed by atoms with Crippen molar-refractivity contribution in [1.29, 1.82) is 0 Å². The van der Waals surface area contributed by atoms with Crippen molar-refractivity contribution < 1.29 is 34.4 Å². The van der Waals surface area contributed by atoms with Gasteiger partial charge in [0, 0.05) is 17.8 Å². The molecule has 0 bridgehead atoms. The highest BCUT2D eigenvalue weighted by Gasteiger charge is 2.81. The lowest BCUT2D eigenvalue weighted by molar-refractivity contribution is -0.370. The molecule has 0 aromatic heterocycles. The number of esters is 1. The number of hydrogen-bond acceptors (Lipinski definition) is 8. The molecule has 0 aromatic rings. The predicted molar refractivity (Wildman–Crippen MR) is 137 cm³/mol. The van der Waals surface area contributed by atoms with Crippen molar-refractivity contribution in [3.05, 3.63) is 12.7 Å². The van der Waals surface area contributed by atoms with Crippen LogP contribution < -0.4 is 0 Å². The van der Waals surface area contributed by atoms with Gasteiger partial charge >= 0.3 is 5.97 Å². The summed E-state index contributed by atoms with van der Waals surface area (Å²) < 4.78 is 12.4. The fourth-order valence-corrected chi connectivity index (χ4v) is 7.96. The molecule has 2 aliphatic carbocycles. The molecule has 0 spiro atoms. The molecule has 0 radical (unpaired) electrons. The van der Waals surface area contributed by atoms with Crippen molar-refractivity contribution in [2.75, 3.05) is 19.6 Å². The summed E-state index contributed by atoms with van der Waals surface area (Å²) in [6.45, 7) is 14.3. The van der Waals surface area contributed by atoms with Crippen LogP contribution >= 0.6 is 12.4 Å². The van der Waals surface area contributed by atoms with Crippen molar-refractivity contribution in [1.82, 2.24) is 4.90 Å². The Morgan fingerprint density at radius 3 is 2.36 bits per heavy atom. The van der Waals surface area contributed by atoms with E-state index in [0.717, 1.165) is 32.4 Å². The zero-order valence-electron chi connectivity index (χ0n) is 22.3. The lowest BCUT2D eigenvalue weighted by atomic mass is 9.40. The van der Waals surface area contributed by atoms with Gasteiger partial charge in [-0.3, -0.25) is 14.5 Å². The van der Waals surface area contributed by atoms with E-state index >= 15 is 0 Å². The Hall–Kier alpha value is -1.03. The van der Waals surface area contributed by atoms with Gasteiger partial charge in [-0.15, -0.1) is 19.0 Å². The molecule has 3 N–H and O–H groups in total. The van der Waals surface area contributed by atoms with E-state index in [2.05, 4.69) is 6.58 Å². The van der Waals surface area contributed by atoms with Crippen LogP contribution in [0.3, 0.4) is 0 Å². The summed E-state index contributed by atoms with van der Waals surface area (Å²) in [4.78, 5) is 29.1. The Bertz CT molecular complexity index is 891. The summed E-state index contributed by atoms with van der Waals surface area (Å²) in [6, 6.07) is 0. The maximum absolute atomic E-state index is 13.9. The van der Waals surface area contributed by atoms with E-state index in [1.165, 1.54) is 13.0 Å². The Labute approximate surface area is 220 Å². The van der Waals surface area contributed by atoms with Crippen LogP contribution in [0.1, 0.15) is 73.1 Å². The first-order chi connectivity index (χ1) is 16.2. The lowest BCUT2D eigenvalue weighted by Gasteiger charge is -2.71. The summed E-state index contributed by atoms with van der Waals surface area (Å²) in [5.41, 5.74) is -7.09. The first-order valence-corrected chi connectivity index (χ1v) is 13.0. The average molecular weight is 530 g/mol. The Kier molecular flexibility index (Phi) is 7.89. The van der Waals surface area contributed by atoms with Gasteiger partial charge in [0.1, 0.15) is 5.60 Å². The number of carbonyl (C=O) groups excluding carboxylic acids is 2. The molecular formula is C27H44ClNO7. The maximum Gasteiger partial charge on any atom is 0.320 e. The van der Waals surface area contributed by atoms with Crippen molar-refractivity contribution in [2.45, 2.75) is 108 Å². The van der Waals surface area contributed by atoms with E-state index in [-0.39, 0.29) is 25.4 Å². The molecule has 2 saturated heterocycles. The second kappa shape index (κ2) is 9.62. The van der Waals surface area contributed by atoms with Crippen LogP contribution in [0, 0.1) is 16.7 Å². The van der Waals surface area contributed by atoms with Gasteiger partial charge in [0.15, 0.2) is 17.5 Å². The van der Waals surface area contributed by atoms with Crippen LogP contribution in [0.4, 0.5) is 0 Å². The normalized spacial score (nSPS) is 46.6. The van der Waals surface area contributed by atoms with Crippen LogP contribution in [-0.2, 0) is 19.1 Å². The van der Waals surface area contributed by atoms with Crippen LogP contribution in [0.5, 0.6) is 0 Å². The molecular weight excluding hydrogens is 486 g/mol. The minimum absolute atomic E-state index is 0. The quantitative estimate of drug-likeness (QED) is 0.375. The molecule has 206 valence electrons. The highest BCUT2D eigenvalue weighted by molar-refractivity contribution is 5.92. The molecule has 0 aromatic carbocycles. The minimum Gasteiger partial charge on any atom is -0.455 e. The predicted octanol–water partition coefficient (Wildman–Crippen LogP) is 2.41. The molecule has 0 amide bonds. The Balaban J connectivity index is 0.00000361. The van der Waals surface area contributed by atoms with E-state index in [1.807, 2.05) is 18.7 Å². The molecule has 2 aliphatic heterocycles. The smallest absolute Gasteiger partial charge is 0.320 e. The summed E-state index contributed by atoms with van der Waals surface area (Å²) in [5.74, 6) is -1.74. The number of rotatable bonds is 4. The highest BCUT2D eigenvalue weighted by Crippen LogP contribution is 2.67. The molecule has 0 unspecified atom stereocenters. The zero-order chi connectivity index (χ0) is 26.0. The molecule has 4 aliphatic rings. The SMILES string of the molecule is C=C[C@@]1(C)CC(=O)[C@]2(O)[C@@]3(C)[C@@H](O)CCC(C)(C)[C@@H]3[C@H](O)[C@H](OC(=O)CN3CCCCC3)[C@@]2(C)O1.Cl. The van der Waals surface area contributed by atoms with Gasteiger partial charge in [-0.05, 0) is 58.0 Å². The second-order valence-electron chi connectivity index (χ2n) is 12.6. The lowest BCUT2D eigenvalue weighted by Crippen LogP contribution is -2.86. The van der Waals surface area contributed by atoms with E-state index in [9.17, 15) is 24.9 Å². The van der Waals surface area contributed by atoms with Gasteiger partial charge in [-0.25, -0.2) is 0 Å². The average Bonchev–Trinajstić information content (AvgIpc) is 2.78. The first kappa shape index (κ1) is 29.5. The molecule has 2 saturated carbocycles. The van der Waals surface area contributed by atoms with Crippen LogP contribution in [-0.4, -0.2) is 86.7 Å². The summed E-state index contributed by atoms with van der Waals surface area (Å²) >= 11 is 0. The third-order valence-electron chi connectivity index (χ3n) is 9.79. The van der Waals surface area contributed by atoms with Gasteiger partial charge in [-0.1, -0.05) is 33.3 Å². The number of nitrogens with zero attached hydrogens (tertiary/aromatic N) is 1. The number of halogens is 1. The number of likely N-dealkylation sites (tertiary alicyclic amines) is 1. The maximum atomic E-state index is 13.9. The fraction of sp³-hybridized carbons (Fsp3) is 0.852. The van der Waals surface area contributed by atoms with Gasteiger partial charge < -0.3 is 24.8 Å². The summed E-state index contributed by atoms with van der Waals surface area (Å²) in [7, 11) is 0. The third kappa shape index (κ3) is 4.07. The number of piperidine rings is 1. The topological polar surface area (TPSA) is 117 Å². The van der Waals surface area contributed by atoms with Crippen molar-refractivity contribution in [2.24, 2.45) is 16.7 Å². The number of Topliss-reactive ketones (excluding diaryl/α,β-unsaturated/α-hetero) is 1. The second-order valence-corrected chi connectivity index (χ2v) is 12.6. The number of aliphatic hydroxyl groups is 3. The third-order valence-corrected chi connectivity index (χ3v) is 9.79. The van der Waals surface area contributed by atoms with Crippen LogP contribution in [0.25, 0.3) is 0 Å². The number of fused-ring (bicyclic) bond motifs is 3. The van der Waals surface area contributed by atoms with Crippen molar-refractivity contribution in [3.8, 4) is 0 Å². The van der Waals surface area contributed by atoms with E-state index in [1.54, 1.807) is 13.8 Å². The molecule has 36 heavy (non-hydrogen) atoms. The largest absolute Gasteiger partial charge is 0.455 e. The number of ketones is 1. The zero-order valence-corrected chi connectivity index (χ0v) is 23.1. The van der Waals surface area contributed by atoms with Gasteiger partial charge in [-0.2, -0.15) is 0 Å². The molecule has 4 rings (SSSR count). The van der Waals surface area contributed by atoms with Crippen LogP contribution in [0.15, 0.2) is 12.7 Å². The fourth-order valence-electron chi connectivity index (χ4n) is 7.96. The molecule has 8 atom stereocenters. The first-order valence-electron chi connectivity index (χ1n) is 13.0. The van der Waals surface area contributed by atoms with Crippen molar-refractivity contribution in [3.63, 3.8) is 0 Å². The monoisotopic (exact) mass is 529 g/mol. The number of ether oxygens (including phenoxy) is 2.